The van der Waals surface area contributed by atoms with E-state index in [1.165, 1.54) is 0 Å². The quantitative estimate of drug-likeness (QED) is 0.942. The Balaban J connectivity index is 2.12. The Morgan fingerprint density at radius 1 is 1.11 bits per heavy atom. The molecule has 0 aliphatic heterocycles. The molecule has 0 aliphatic rings. The van der Waals surface area contributed by atoms with Gasteiger partial charge in [0.2, 0.25) is 10.0 Å². The van der Waals surface area contributed by atoms with Gasteiger partial charge in [-0.05, 0) is 36.2 Å². The average molecular weight is 296 g/mol. The fourth-order valence-corrected chi connectivity index (χ4v) is 2.85. The van der Waals surface area contributed by atoms with Crippen LogP contribution in [0.3, 0.4) is 0 Å². The van der Waals surface area contributed by atoms with E-state index >= 15 is 0 Å². The topological polar surface area (TPSA) is 46.2 Å². The summed E-state index contributed by atoms with van der Waals surface area (Å²) in [5, 5.41) is 0.636. The van der Waals surface area contributed by atoms with Crippen LogP contribution in [-0.4, -0.2) is 8.42 Å². The van der Waals surface area contributed by atoms with Gasteiger partial charge in [-0.2, -0.15) is 0 Å². The fourth-order valence-electron chi connectivity index (χ4n) is 1.61. The predicted octanol–water partition coefficient (Wildman–Crippen LogP) is 3.13. The van der Waals surface area contributed by atoms with Gasteiger partial charge in [-0.15, -0.1) is 0 Å². The van der Waals surface area contributed by atoms with Crippen molar-refractivity contribution in [3.63, 3.8) is 0 Å². The highest BCUT2D eigenvalue weighted by atomic mass is 35.5. The normalized spacial score (nSPS) is 11.5. The van der Waals surface area contributed by atoms with Crippen LogP contribution in [0.4, 0.5) is 0 Å². The highest BCUT2D eigenvalue weighted by Crippen LogP contribution is 2.17. The molecule has 0 saturated carbocycles. The molecule has 5 heteroatoms. The lowest BCUT2D eigenvalue weighted by Crippen LogP contribution is -2.23. The summed E-state index contributed by atoms with van der Waals surface area (Å²) in [6.45, 7) is 2.12. The summed E-state index contributed by atoms with van der Waals surface area (Å²) in [5.41, 5.74) is 1.80. The summed E-state index contributed by atoms with van der Waals surface area (Å²) in [6.07, 6.45) is 0. The van der Waals surface area contributed by atoms with Gasteiger partial charge in [-0.1, -0.05) is 41.9 Å². The Hall–Kier alpha value is -1.36. The minimum atomic E-state index is -3.47. The Bertz CT molecular complexity index is 669. The van der Waals surface area contributed by atoms with Crippen LogP contribution < -0.4 is 4.72 Å². The van der Waals surface area contributed by atoms with Gasteiger partial charge in [0.1, 0.15) is 0 Å². The largest absolute Gasteiger partial charge is 0.240 e. The van der Waals surface area contributed by atoms with Gasteiger partial charge in [-0.3, -0.25) is 0 Å². The first-order chi connectivity index (χ1) is 8.99. The van der Waals surface area contributed by atoms with Gasteiger partial charge in [0.15, 0.2) is 0 Å². The van der Waals surface area contributed by atoms with E-state index in [9.17, 15) is 8.42 Å². The number of aryl methyl sites for hydroxylation is 1. The molecule has 0 aliphatic carbocycles. The maximum atomic E-state index is 12.0. The highest BCUT2D eigenvalue weighted by molar-refractivity contribution is 7.89. The van der Waals surface area contributed by atoms with E-state index in [1.807, 2.05) is 19.1 Å². The molecule has 0 saturated heterocycles. The summed E-state index contributed by atoms with van der Waals surface area (Å²) < 4.78 is 26.6. The van der Waals surface area contributed by atoms with Crippen molar-refractivity contribution in [3.8, 4) is 0 Å². The zero-order valence-corrected chi connectivity index (χ0v) is 12.0. The smallest absolute Gasteiger partial charge is 0.207 e. The number of halogens is 1. The van der Waals surface area contributed by atoms with E-state index in [2.05, 4.69) is 4.72 Å². The monoisotopic (exact) mass is 295 g/mol. The van der Waals surface area contributed by atoms with Crippen molar-refractivity contribution in [3.05, 3.63) is 64.7 Å². The number of hydrogen-bond donors (Lipinski definition) is 1. The molecule has 0 aromatic heterocycles. The first-order valence-electron chi connectivity index (χ1n) is 5.79. The number of nitrogens with one attached hydrogen (secondary N) is 1. The minimum Gasteiger partial charge on any atom is -0.207 e. The molecule has 100 valence electrons. The van der Waals surface area contributed by atoms with Crippen LogP contribution in [0.15, 0.2) is 53.4 Å². The van der Waals surface area contributed by atoms with E-state index in [1.54, 1.807) is 36.4 Å². The molecule has 0 radical (unpaired) electrons. The summed E-state index contributed by atoms with van der Waals surface area (Å²) in [7, 11) is -3.47. The Labute approximate surface area is 118 Å². The lowest BCUT2D eigenvalue weighted by Gasteiger charge is -2.07. The van der Waals surface area contributed by atoms with Crippen LogP contribution in [0.1, 0.15) is 11.1 Å². The third-order valence-electron chi connectivity index (χ3n) is 2.76. The molecule has 19 heavy (non-hydrogen) atoms. The molecule has 0 spiro atoms. The Morgan fingerprint density at radius 3 is 2.42 bits per heavy atom. The Kier molecular flexibility index (Phi) is 4.24. The van der Waals surface area contributed by atoms with Gasteiger partial charge in [0.05, 0.1) is 4.90 Å². The second kappa shape index (κ2) is 5.74. The molecular weight excluding hydrogens is 282 g/mol. The first kappa shape index (κ1) is 14.1. The molecule has 0 atom stereocenters. The van der Waals surface area contributed by atoms with Gasteiger partial charge < -0.3 is 0 Å². The molecule has 1 N–H and O–H groups in total. The summed E-state index contributed by atoms with van der Waals surface area (Å²) in [4.78, 5) is 0.258. The van der Waals surface area contributed by atoms with Crippen molar-refractivity contribution in [2.45, 2.75) is 18.4 Å². The summed E-state index contributed by atoms with van der Waals surface area (Å²) in [6, 6.07) is 13.8. The van der Waals surface area contributed by atoms with Crippen LogP contribution in [0.2, 0.25) is 5.02 Å². The molecule has 0 unspecified atom stereocenters. The molecule has 0 heterocycles. The van der Waals surface area contributed by atoms with E-state index in [0.29, 0.717) is 5.02 Å². The van der Waals surface area contributed by atoms with Crippen molar-refractivity contribution in [2.75, 3.05) is 0 Å². The zero-order chi connectivity index (χ0) is 13.9. The molecule has 2 rings (SSSR count). The van der Waals surface area contributed by atoms with Crippen molar-refractivity contribution in [2.24, 2.45) is 0 Å². The molecule has 0 amide bonds. The Morgan fingerprint density at radius 2 is 1.79 bits per heavy atom. The van der Waals surface area contributed by atoms with Crippen molar-refractivity contribution in [1.29, 1.82) is 0 Å². The van der Waals surface area contributed by atoms with Gasteiger partial charge >= 0.3 is 0 Å². The van der Waals surface area contributed by atoms with E-state index in [0.717, 1.165) is 11.1 Å². The molecule has 0 bridgehead atoms. The second-order valence-electron chi connectivity index (χ2n) is 4.22. The number of rotatable bonds is 4. The standard InChI is InChI=1S/C14H14ClNO2S/c1-11-7-8-12(9-14(11)15)10-16-19(17,18)13-5-3-2-4-6-13/h2-9,16H,10H2,1H3. The number of benzene rings is 2. The molecule has 2 aromatic rings. The average Bonchev–Trinajstić information content (AvgIpc) is 2.41. The minimum absolute atomic E-state index is 0.219. The van der Waals surface area contributed by atoms with E-state index in [4.69, 9.17) is 11.6 Å². The number of hydrogen-bond acceptors (Lipinski definition) is 2. The van der Waals surface area contributed by atoms with E-state index < -0.39 is 10.0 Å². The first-order valence-corrected chi connectivity index (χ1v) is 7.65. The third-order valence-corrected chi connectivity index (χ3v) is 4.58. The van der Waals surface area contributed by atoms with Crippen LogP contribution in [0.25, 0.3) is 0 Å². The zero-order valence-electron chi connectivity index (χ0n) is 10.4. The fraction of sp³-hybridized carbons (Fsp3) is 0.143. The van der Waals surface area contributed by atoms with Gasteiger partial charge in [-0.25, -0.2) is 13.1 Å². The van der Waals surface area contributed by atoms with Crippen LogP contribution in [0.5, 0.6) is 0 Å². The van der Waals surface area contributed by atoms with Crippen molar-refractivity contribution < 1.29 is 8.42 Å². The maximum Gasteiger partial charge on any atom is 0.240 e. The van der Waals surface area contributed by atoms with Crippen molar-refractivity contribution in [1.82, 2.24) is 4.72 Å². The van der Waals surface area contributed by atoms with Crippen LogP contribution in [-0.2, 0) is 16.6 Å². The molecule has 0 fully saturated rings. The van der Waals surface area contributed by atoms with Crippen LogP contribution in [0, 0.1) is 6.92 Å². The number of sulfonamides is 1. The second-order valence-corrected chi connectivity index (χ2v) is 6.40. The lowest BCUT2D eigenvalue weighted by molar-refractivity contribution is 0.581. The SMILES string of the molecule is Cc1ccc(CNS(=O)(=O)c2ccccc2)cc1Cl. The maximum absolute atomic E-state index is 12.0. The van der Waals surface area contributed by atoms with Gasteiger partial charge in [0.25, 0.3) is 0 Å². The third kappa shape index (κ3) is 3.56. The highest BCUT2D eigenvalue weighted by Gasteiger charge is 2.12. The molecule has 3 nitrogen and oxygen atoms in total. The predicted molar refractivity (Wildman–Crippen MR) is 76.7 cm³/mol. The van der Waals surface area contributed by atoms with Crippen molar-refractivity contribution >= 4 is 21.6 Å². The molecule has 2 aromatic carbocycles. The summed E-state index contributed by atoms with van der Waals surface area (Å²) >= 11 is 6.00. The lowest BCUT2D eigenvalue weighted by atomic mass is 10.1. The van der Waals surface area contributed by atoms with E-state index in [-0.39, 0.29) is 11.4 Å². The molecular formula is C14H14ClNO2S. The van der Waals surface area contributed by atoms with Gasteiger partial charge in [0, 0.05) is 11.6 Å². The van der Waals surface area contributed by atoms with Crippen LogP contribution >= 0.6 is 11.6 Å². The summed E-state index contributed by atoms with van der Waals surface area (Å²) in [5.74, 6) is 0.